The fraction of sp³-hybridized carbons (Fsp3) is 0.210. The van der Waals surface area contributed by atoms with Gasteiger partial charge in [-0.3, -0.25) is 33.6 Å². The van der Waals surface area contributed by atoms with E-state index in [4.69, 9.17) is 46.4 Å². The van der Waals surface area contributed by atoms with Gasteiger partial charge in [0.15, 0.2) is 34.7 Å². The summed E-state index contributed by atoms with van der Waals surface area (Å²) in [5.41, 5.74) is 4.72. The van der Waals surface area contributed by atoms with Crippen LogP contribution in [0.1, 0.15) is 136 Å². The summed E-state index contributed by atoms with van der Waals surface area (Å²) in [5.74, 6) is -1.68. The summed E-state index contributed by atoms with van der Waals surface area (Å²) in [4.78, 5) is 75.7. The molecule has 0 saturated carbocycles. The predicted molar refractivity (Wildman–Crippen MR) is 314 cm³/mol. The molecule has 0 bridgehead atoms. The highest BCUT2D eigenvalue weighted by Crippen LogP contribution is 2.25. The second-order valence-corrected chi connectivity index (χ2v) is 21.4. The summed E-state index contributed by atoms with van der Waals surface area (Å²) in [5, 5.41) is 2.48. The van der Waals surface area contributed by atoms with E-state index in [0.717, 1.165) is 53.8 Å². The highest BCUT2D eigenvalue weighted by atomic mass is 35.5. The number of carbonyl (C=O) groups excluding carboxylic acids is 7. The molecule has 0 fully saturated rings. The average molecular weight is 1170 g/mol. The molecule has 7 aromatic carbocycles. The van der Waals surface area contributed by atoms with Crippen LogP contribution in [-0.2, 0) is 20.0 Å². The summed E-state index contributed by atoms with van der Waals surface area (Å²) >= 11 is 22.7. The van der Waals surface area contributed by atoms with Crippen LogP contribution in [0.4, 0.5) is 8.78 Å². The van der Waals surface area contributed by atoms with E-state index >= 15 is 0 Å². The Morgan fingerprint density at radius 2 is 0.782 bits per heavy atom. The van der Waals surface area contributed by atoms with Crippen molar-refractivity contribution in [1.82, 2.24) is 0 Å². The Morgan fingerprint density at radius 3 is 1.10 bits per heavy atom. The van der Waals surface area contributed by atoms with Gasteiger partial charge in [0.2, 0.25) is 0 Å². The lowest BCUT2D eigenvalue weighted by atomic mass is 9.81. The Balaban J connectivity index is 0.000000876. The van der Waals surface area contributed by atoms with E-state index in [1.165, 1.54) is 26.8 Å². The SMILES string of the molecule is CC(=O)C(C)(C)c1ccc(Cl)cc1.CC(=O)c1c(F)cccc1F.CC(=O)c1ccc(Cl)cc1.CC(=O)c1cccc(Cl)c1.CC(=O)c1ccccc1.CC(=O)c1ccccc1C.CC(=O)c1ccccc1Cl.CS(C)(=O)=O. The van der Waals surface area contributed by atoms with Gasteiger partial charge >= 0.3 is 0 Å². The van der Waals surface area contributed by atoms with Crippen molar-refractivity contribution in [3.8, 4) is 0 Å². The summed E-state index contributed by atoms with van der Waals surface area (Å²) < 4.78 is 44.5. The molecular formula is C62H64Cl4F2O9S. The molecule has 0 aliphatic heterocycles. The molecule has 0 aliphatic carbocycles. The number of sulfone groups is 1. The van der Waals surface area contributed by atoms with Crippen LogP contribution in [-0.4, -0.2) is 61.4 Å². The number of rotatable bonds is 8. The van der Waals surface area contributed by atoms with Gasteiger partial charge in [-0.05, 0) is 153 Å². The molecule has 7 rings (SSSR count). The molecule has 0 amide bonds. The molecule has 414 valence electrons. The smallest absolute Gasteiger partial charge is 0.165 e. The van der Waals surface area contributed by atoms with Crippen LogP contribution in [0, 0.1) is 18.6 Å². The van der Waals surface area contributed by atoms with Crippen molar-refractivity contribution in [2.45, 2.75) is 74.7 Å². The van der Waals surface area contributed by atoms with Gasteiger partial charge in [-0.25, -0.2) is 17.2 Å². The highest BCUT2D eigenvalue weighted by molar-refractivity contribution is 7.89. The van der Waals surface area contributed by atoms with Gasteiger partial charge in [0.05, 0.1) is 10.6 Å². The van der Waals surface area contributed by atoms with Crippen LogP contribution in [0.5, 0.6) is 0 Å². The topological polar surface area (TPSA) is 154 Å². The first-order valence-corrected chi connectivity index (χ1v) is 27.3. The van der Waals surface area contributed by atoms with Crippen molar-refractivity contribution in [3.05, 3.63) is 246 Å². The fourth-order valence-corrected chi connectivity index (χ4v) is 6.39. The van der Waals surface area contributed by atoms with E-state index in [9.17, 15) is 50.8 Å². The number of halogens is 6. The maximum absolute atomic E-state index is 12.6. The molecule has 0 aromatic heterocycles. The number of benzene rings is 7. The van der Waals surface area contributed by atoms with Crippen LogP contribution in [0.15, 0.2) is 170 Å². The van der Waals surface area contributed by atoms with Gasteiger partial charge in [-0.2, -0.15) is 0 Å². The Kier molecular flexibility index (Phi) is 33.2. The van der Waals surface area contributed by atoms with Crippen LogP contribution >= 0.6 is 46.4 Å². The van der Waals surface area contributed by atoms with E-state index in [1.54, 1.807) is 93.6 Å². The first kappa shape index (κ1) is 71.2. The molecule has 16 heteroatoms. The highest BCUT2D eigenvalue weighted by Gasteiger charge is 2.25. The zero-order chi connectivity index (χ0) is 59.9. The van der Waals surface area contributed by atoms with Crippen molar-refractivity contribution in [3.63, 3.8) is 0 Å². The van der Waals surface area contributed by atoms with Gasteiger partial charge in [0, 0.05) is 60.8 Å². The number of ketones is 7. The second-order valence-electron chi connectivity index (χ2n) is 17.4. The quantitative estimate of drug-likeness (QED) is 0.135. The Morgan fingerprint density at radius 1 is 0.410 bits per heavy atom. The third-order valence-corrected chi connectivity index (χ3v) is 11.3. The predicted octanol–water partition coefficient (Wildman–Crippen LogP) is 16.7. The molecule has 0 unspecified atom stereocenters. The van der Waals surface area contributed by atoms with Crippen LogP contribution in [0.3, 0.4) is 0 Å². The Bertz CT molecular complexity index is 3120. The maximum atomic E-state index is 12.6. The maximum Gasteiger partial charge on any atom is 0.165 e. The Labute approximate surface area is 477 Å². The summed E-state index contributed by atoms with van der Waals surface area (Å²) in [6.07, 6.45) is 2.32. The van der Waals surface area contributed by atoms with Gasteiger partial charge in [0.1, 0.15) is 27.3 Å². The van der Waals surface area contributed by atoms with E-state index < -0.39 is 38.2 Å². The minimum atomic E-state index is -2.67. The minimum absolute atomic E-state index is 0.00519. The van der Waals surface area contributed by atoms with Crippen molar-refractivity contribution in [1.29, 1.82) is 0 Å². The van der Waals surface area contributed by atoms with Crippen molar-refractivity contribution < 1.29 is 50.8 Å². The molecule has 0 N–H and O–H groups in total. The molecule has 0 aliphatic rings. The largest absolute Gasteiger partial charge is 0.299 e. The zero-order valence-electron chi connectivity index (χ0n) is 45.5. The molecule has 7 aromatic rings. The molecule has 9 nitrogen and oxygen atoms in total. The number of aryl methyl sites for hydroxylation is 1. The summed E-state index contributed by atoms with van der Waals surface area (Å²) in [7, 11) is -2.67. The van der Waals surface area contributed by atoms with Crippen LogP contribution in [0.2, 0.25) is 20.1 Å². The third kappa shape index (κ3) is 30.2. The molecule has 0 saturated heterocycles. The molecule has 0 heterocycles. The van der Waals surface area contributed by atoms with Crippen molar-refractivity contribution in [2.24, 2.45) is 0 Å². The first-order valence-electron chi connectivity index (χ1n) is 23.5. The average Bonchev–Trinajstić information content (AvgIpc) is 3.35. The molecule has 0 radical (unpaired) electrons. The molecule has 0 spiro atoms. The lowest BCUT2D eigenvalue weighted by Crippen LogP contribution is -2.26. The lowest BCUT2D eigenvalue weighted by Gasteiger charge is -2.21. The van der Waals surface area contributed by atoms with E-state index in [-0.39, 0.29) is 34.7 Å². The third-order valence-electron chi connectivity index (χ3n) is 10.2. The van der Waals surface area contributed by atoms with Crippen molar-refractivity contribution >= 4 is 96.7 Å². The van der Waals surface area contributed by atoms with Crippen molar-refractivity contribution in [2.75, 3.05) is 12.5 Å². The second kappa shape index (κ2) is 36.3. The van der Waals surface area contributed by atoms with Crippen LogP contribution in [0.25, 0.3) is 0 Å². The number of hydrogen-bond donors (Lipinski definition) is 0. The normalized spacial score (nSPS) is 9.87. The first-order chi connectivity index (χ1) is 36.2. The summed E-state index contributed by atoms with van der Waals surface area (Å²) in [6, 6.07) is 48.3. The molecule has 78 heavy (non-hydrogen) atoms. The standard InChI is InChI=1S/C11H13ClO.C9H10O.3C8H7ClO.C8H6F2O.C8H8O.C2H6O2S/c1-8(13)11(2,3)9-4-6-10(12)7-5-9;1-7-5-3-4-6-9(7)8(2)10;1-6(10)7-2-4-8(9)5-3-7;1-6(10)7-3-2-4-8(9)5-7;1-6(10)7-4-2-3-5-8(7)9;1-5(11)8-6(9)3-2-4-7(8)10;1-7(9)8-5-3-2-4-6-8;1-5(2,3)4/h4-7H,1-3H3;3-6H,1-2H3;3*2-5H,1H3;2-4H,1H3;2-6H,1H3;1-2H3. The number of carbonyl (C=O) groups is 7. The number of Topliss-reactive ketones (excluding diaryl/α,β-unsaturated/α-hetero) is 7. The molecule has 0 atom stereocenters. The summed E-state index contributed by atoms with van der Waals surface area (Å²) in [6.45, 7) is 16.2. The van der Waals surface area contributed by atoms with Gasteiger partial charge in [-0.1, -0.05) is 143 Å². The van der Waals surface area contributed by atoms with Gasteiger partial charge < -0.3 is 0 Å². The fourth-order valence-electron chi connectivity index (χ4n) is 5.68. The number of hydrogen-bond acceptors (Lipinski definition) is 9. The minimum Gasteiger partial charge on any atom is -0.299 e. The van der Waals surface area contributed by atoms with Crippen LogP contribution < -0.4 is 0 Å². The van der Waals surface area contributed by atoms with Gasteiger partial charge in [0.25, 0.3) is 0 Å². The van der Waals surface area contributed by atoms with E-state index in [2.05, 4.69) is 0 Å². The van der Waals surface area contributed by atoms with Gasteiger partial charge in [-0.15, -0.1) is 0 Å². The Hall–Kier alpha value is -6.80. The zero-order valence-corrected chi connectivity index (χ0v) is 49.4. The van der Waals surface area contributed by atoms with E-state index in [1.807, 2.05) is 99.6 Å². The monoisotopic (exact) mass is 1160 g/mol. The van der Waals surface area contributed by atoms with E-state index in [0.29, 0.717) is 36.8 Å². The molecular weight excluding hydrogens is 1100 g/mol. The lowest BCUT2D eigenvalue weighted by molar-refractivity contribution is -0.121.